The number of ether oxygens (including phenoxy) is 1. The molecule has 0 radical (unpaired) electrons. The first-order valence-corrected chi connectivity index (χ1v) is 7.49. The van der Waals surface area contributed by atoms with Gasteiger partial charge in [0.2, 0.25) is 0 Å². The number of carbonyl (C=O) groups is 1. The lowest BCUT2D eigenvalue weighted by atomic mass is 10.1. The second kappa shape index (κ2) is 6.52. The molecule has 22 heavy (non-hydrogen) atoms. The number of nitrogens with two attached hydrogens (primary N) is 1. The molecule has 1 amide bonds. The molecule has 1 aliphatic heterocycles. The number of carbonyl (C=O) groups excluding carboxylic acids is 1. The molecule has 0 saturated carbocycles. The fraction of sp³-hybridized carbons (Fsp3) is 0.562. The summed E-state index contributed by atoms with van der Waals surface area (Å²) in [5.74, 6) is -0.390. The smallest absolute Gasteiger partial charge is 0.410 e. The van der Waals surface area contributed by atoms with Crippen molar-refractivity contribution in [1.82, 2.24) is 9.80 Å². The standard InChI is InChI=1S/C16H24FN3O2/c1-16(2,3)22-15(21)20-8-6-19(7-9-20)11-12-4-5-13(17)14(18)10-12/h4-5,10H,6-9,11,18H2,1-3H3. The van der Waals surface area contributed by atoms with Gasteiger partial charge in [-0.15, -0.1) is 0 Å². The van der Waals surface area contributed by atoms with Gasteiger partial charge in [-0.1, -0.05) is 6.07 Å². The Labute approximate surface area is 130 Å². The highest BCUT2D eigenvalue weighted by Crippen LogP contribution is 2.16. The van der Waals surface area contributed by atoms with Gasteiger partial charge in [-0.25, -0.2) is 9.18 Å². The summed E-state index contributed by atoms with van der Waals surface area (Å²) in [6.07, 6.45) is -0.266. The molecule has 5 nitrogen and oxygen atoms in total. The molecule has 1 heterocycles. The third-order valence-corrected chi connectivity index (χ3v) is 3.49. The lowest BCUT2D eigenvalue weighted by Gasteiger charge is -2.35. The number of nitrogen functional groups attached to an aromatic ring is 1. The Balaban J connectivity index is 1.84. The lowest BCUT2D eigenvalue weighted by Crippen LogP contribution is -2.49. The summed E-state index contributed by atoms with van der Waals surface area (Å²) in [5.41, 5.74) is 6.26. The summed E-state index contributed by atoms with van der Waals surface area (Å²) in [6.45, 7) is 9.07. The zero-order chi connectivity index (χ0) is 16.3. The van der Waals surface area contributed by atoms with Crippen LogP contribution in [0.5, 0.6) is 0 Å². The number of benzene rings is 1. The van der Waals surface area contributed by atoms with E-state index in [4.69, 9.17) is 10.5 Å². The molecule has 0 bridgehead atoms. The summed E-state index contributed by atoms with van der Waals surface area (Å²) in [6, 6.07) is 4.79. The topological polar surface area (TPSA) is 58.8 Å². The molecule has 0 unspecified atom stereocenters. The van der Waals surface area contributed by atoms with Gasteiger partial charge in [0, 0.05) is 32.7 Å². The van der Waals surface area contributed by atoms with E-state index >= 15 is 0 Å². The SMILES string of the molecule is CC(C)(C)OC(=O)N1CCN(Cc2ccc(F)c(N)c2)CC1. The Hall–Kier alpha value is -1.82. The molecule has 0 aliphatic carbocycles. The lowest BCUT2D eigenvalue weighted by molar-refractivity contribution is 0.0139. The van der Waals surface area contributed by atoms with E-state index in [0.717, 1.165) is 18.7 Å². The van der Waals surface area contributed by atoms with Crippen molar-refractivity contribution >= 4 is 11.8 Å². The van der Waals surface area contributed by atoms with Crippen LogP contribution in [0.15, 0.2) is 18.2 Å². The van der Waals surface area contributed by atoms with Crippen molar-refractivity contribution < 1.29 is 13.9 Å². The molecule has 1 aromatic rings. The molecule has 0 atom stereocenters. The van der Waals surface area contributed by atoms with Crippen molar-refractivity contribution in [2.75, 3.05) is 31.9 Å². The van der Waals surface area contributed by atoms with Crippen LogP contribution in [0.2, 0.25) is 0 Å². The van der Waals surface area contributed by atoms with Crippen molar-refractivity contribution in [3.8, 4) is 0 Å². The Kier molecular flexibility index (Phi) is 4.90. The van der Waals surface area contributed by atoms with E-state index in [0.29, 0.717) is 19.6 Å². The van der Waals surface area contributed by atoms with E-state index in [1.807, 2.05) is 20.8 Å². The molecular weight excluding hydrogens is 285 g/mol. The van der Waals surface area contributed by atoms with Crippen molar-refractivity contribution in [2.24, 2.45) is 0 Å². The van der Waals surface area contributed by atoms with Crippen LogP contribution in [0, 0.1) is 5.82 Å². The van der Waals surface area contributed by atoms with Crippen molar-refractivity contribution in [3.63, 3.8) is 0 Å². The molecule has 2 rings (SSSR count). The summed E-state index contributed by atoms with van der Waals surface area (Å²) < 4.78 is 18.5. The summed E-state index contributed by atoms with van der Waals surface area (Å²) in [5, 5.41) is 0. The van der Waals surface area contributed by atoms with Crippen molar-refractivity contribution in [3.05, 3.63) is 29.6 Å². The number of hydrogen-bond donors (Lipinski definition) is 1. The Bertz CT molecular complexity index is 535. The fourth-order valence-corrected chi connectivity index (χ4v) is 2.36. The molecule has 0 spiro atoms. The van der Waals surface area contributed by atoms with Crippen LogP contribution in [-0.2, 0) is 11.3 Å². The largest absolute Gasteiger partial charge is 0.444 e. The first-order chi connectivity index (χ1) is 10.2. The molecule has 1 saturated heterocycles. The number of hydrogen-bond acceptors (Lipinski definition) is 4. The molecule has 0 aromatic heterocycles. The fourth-order valence-electron chi connectivity index (χ4n) is 2.36. The van der Waals surface area contributed by atoms with Crippen LogP contribution in [0.3, 0.4) is 0 Å². The van der Waals surface area contributed by atoms with Crippen LogP contribution in [0.25, 0.3) is 0 Å². The van der Waals surface area contributed by atoms with Gasteiger partial charge in [-0.05, 0) is 38.5 Å². The highest BCUT2D eigenvalue weighted by molar-refractivity contribution is 5.68. The van der Waals surface area contributed by atoms with Crippen molar-refractivity contribution in [2.45, 2.75) is 32.9 Å². The normalized spacial score (nSPS) is 16.6. The minimum Gasteiger partial charge on any atom is -0.444 e. The quantitative estimate of drug-likeness (QED) is 0.853. The molecule has 6 heteroatoms. The average molecular weight is 309 g/mol. The van der Waals surface area contributed by atoms with Gasteiger partial charge in [0.05, 0.1) is 5.69 Å². The van der Waals surface area contributed by atoms with Gasteiger partial charge in [0.25, 0.3) is 0 Å². The maximum absolute atomic E-state index is 13.2. The summed E-state index contributed by atoms with van der Waals surface area (Å²) in [7, 11) is 0. The number of nitrogens with zero attached hydrogens (tertiary/aromatic N) is 2. The van der Waals surface area contributed by atoms with E-state index in [-0.39, 0.29) is 11.8 Å². The van der Waals surface area contributed by atoms with Gasteiger partial charge >= 0.3 is 6.09 Å². The van der Waals surface area contributed by atoms with Gasteiger partial charge in [0.15, 0.2) is 0 Å². The molecule has 1 fully saturated rings. The zero-order valence-electron chi connectivity index (χ0n) is 13.4. The Morgan fingerprint density at radius 1 is 1.27 bits per heavy atom. The number of rotatable bonds is 2. The predicted octanol–water partition coefficient (Wildman–Crippen LogP) is 2.46. The number of anilines is 1. The van der Waals surface area contributed by atoms with E-state index in [1.54, 1.807) is 17.0 Å². The molecular formula is C16H24FN3O2. The van der Waals surface area contributed by atoms with Gasteiger partial charge in [-0.2, -0.15) is 0 Å². The second-order valence-corrected chi connectivity index (χ2v) is 6.60. The van der Waals surface area contributed by atoms with Gasteiger partial charge in [0.1, 0.15) is 11.4 Å². The summed E-state index contributed by atoms with van der Waals surface area (Å²) in [4.78, 5) is 15.9. The molecule has 1 aliphatic rings. The highest BCUT2D eigenvalue weighted by atomic mass is 19.1. The van der Waals surface area contributed by atoms with Crippen LogP contribution >= 0.6 is 0 Å². The van der Waals surface area contributed by atoms with Crippen LogP contribution in [-0.4, -0.2) is 47.7 Å². The van der Waals surface area contributed by atoms with Crippen molar-refractivity contribution in [1.29, 1.82) is 0 Å². The van der Waals surface area contributed by atoms with Gasteiger partial charge in [-0.3, -0.25) is 4.90 Å². The van der Waals surface area contributed by atoms with E-state index < -0.39 is 11.4 Å². The third-order valence-electron chi connectivity index (χ3n) is 3.49. The Morgan fingerprint density at radius 2 is 1.91 bits per heavy atom. The first kappa shape index (κ1) is 16.5. The minimum atomic E-state index is -0.472. The van der Waals surface area contributed by atoms with Crippen LogP contribution in [0.1, 0.15) is 26.3 Å². The Morgan fingerprint density at radius 3 is 2.45 bits per heavy atom. The van der Waals surface area contributed by atoms with E-state index in [9.17, 15) is 9.18 Å². The second-order valence-electron chi connectivity index (χ2n) is 6.60. The number of piperazine rings is 1. The third kappa shape index (κ3) is 4.59. The average Bonchev–Trinajstić information content (AvgIpc) is 2.42. The van der Waals surface area contributed by atoms with Crippen LogP contribution < -0.4 is 5.73 Å². The highest BCUT2D eigenvalue weighted by Gasteiger charge is 2.25. The van der Waals surface area contributed by atoms with Crippen LogP contribution in [0.4, 0.5) is 14.9 Å². The van der Waals surface area contributed by atoms with Gasteiger partial charge < -0.3 is 15.4 Å². The number of halogens is 1. The monoisotopic (exact) mass is 309 g/mol. The van der Waals surface area contributed by atoms with E-state index in [2.05, 4.69) is 4.90 Å². The minimum absolute atomic E-state index is 0.171. The van der Waals surface area contributed by atoms with E-state index in [1.165, 1.54) is 6.07 Å². The maximum atomic E-state index is 13.2. The maximum Gasteiger partial charge on any atom is 0.410 e. The molecule has 1 aromatic carbocycles. The molecule has 2 N–H and O–H groups in total. The number of amides is 1. The molecule has 122 valence electrons. The predicted molar refractivity (Wildman–Crippen MR) is 83.9 cm³/mol. The first-order valence-electron chi connectivity index (χ1n) is 7.49. The summed E-state index contributed by atoms with van der Waals surface area (Å²) >= 11 is 0. The zero-order valence-corrected chi connectivity index (χ0v) is 13.4.